The minimum Gasteiger partial charge on any atom is -0.183 e. The van der Waals surface area contributed by atoms with Crippen LogP contribution in [0.15, 0.2) is 36.9 Å². The number of hydrogen-bond acceptors (Lipinski definition) is 1. The van der Waals surface area contributed by atoms with E-state index >= 15 is 0 Å². The summed E-state index contributed by atoms with van der Waals surface area (Å²) in [7, 11) is 0. The summed E-state index contributed by atoms with van der Waals surface area (Å²) in [6.07, 6.45) is 9.77. The average molecular weight is 263 g/mol. The topological polar surface area (TPSA) is 23.8 Å². The van der Waals surface area contributed by atoms with Gasteiger partial charge in [-0.25, -0.2) is 0 Å². The van der Waals surface area contributed by atoms with Crippen LogP contribution in [0.25, 0.3) is 0 Å². The Balaban J connectivity index is 1.90. The molecule has 1 aliphatic rings. The van der Waals surface area contributed by atoms with Crippen LogP contribution in [0.1, 0.15) is 55.6 Å². The van der Waals surface area contributed by atoms with Gasteiger partial charge in [0.25, 0.3) is 0 Å². The fourth-order valence-electron chi connectivity index (χ4n) is 3.08. The van der Waals surface area contributed by atoms with E-state index in [2.05, 4.69) is 30.6 Å². The molecular weight excluding hydrogens is 242 g/mol. The molecule has 1 nitrogen and oxygen atoms in total. The molecule has 0 radical (unpaired) electrons. The van der Waals surface area contributed by atoms with Crippen molar-refractivity contribution >= 4 is 0 Å². The summed E-state index contributed by atoms with van der Waals surface area (Å²) in [5.41, 5.74) is 2.35. The summed E-state index contributed by atoms with van der Waals surface area (Å²) in [6, 6.07) is 10.3. The van der Waals surface area contributed by atoms with Gasteiger partial charge in [-0.05, 0) is 68.1 Å². The number of benzene rings is 1. The maximum atomic E-state index is 8.44. The Morgan fingerprint density at radius 3 is 2.45 bits per heavy atom. The van der Waals surface area contributed by atoms with Crippen LogP contribution in [0.4, 0.5) is 0 Å². The van der Waals surface area contributed by atoms with E-state index in [9.17, 15) is 0 Å². The van der Waals surface area contributed by atoms with Gasteiger partial charge in [-0.2, -0.15) is 5.26 Å². The van der Waals surface area contributed by atoms with Crippen molar-refractivity contribution in [2.75, 3.05) is 0 Å². The molecule has 0 aromatic heterocycles. The first kappa shape index (κ1) is 14.4. The number of rotatable bonds is 4. The number of nitrogens with zero attached hydrogens (tertiary/aromatic N) is 1. The molecule has 20 heavy (non-hydrogen) atoms. The van der Waals surface area contributed by atoms with Gasteiger partial charge in [-0.1, -0.05) is 24.1 Å². The predicted molar refractivity (Wildman–Crippen MR) is 83.1 cm³/mol. The highest BCUT2D eigenvalue weighted by molar-refractivity contribution is 5.39. The first-order valence-corrected chi connectivity index (χ1v) is 7.44. The normalized spacial score (nSPS) is 21.4. The quantitative estimate of drug-likeness (QED) is 0.565. The lowest BCUT2D eigenvalue weighted by molar-refractivity contribution is 0.312. The van der Waals surface area contributed by atoms with E-state index in [-0.39, 0.29) is 0 Å². The fourth-order valence-corrected chi connectivity index (χ4v) is 3.08. The van der Waals surface area contributed by atoms with Gasteiger partial charge in [0, 0.05) is 11.5 Å². The van der Waals surface area contributed by atoms with Crippen molar-refractivity contribution in [2.24, 2.45) is 5.92 Å². The molecule has 1 aliphatic carbocycles. The molecule has 1 heteroatoms. The molecule has 102 valence electrons. The highest BCUT2D eigenvalue weighted by atomic mass is 14.3. The zero-order chi connectivity index (χ0) is 14.2. The molecule has 1 saturated carbocycles. The molecule has 1 aromatic rings. The Morgan fingerprint density at radius 1 is 1.15 bits per heavy atom. The molecule has 0 heterocycles. The zero-order valence-corrected chi connectivity index (χ0v) is 11.9. The van der Waals surface area contributed by atoms with Gasteiger partial charge in [0.05, 0.1) is 0 Å². The van der Waals surface area contributed by atoms with Gasteiger partial charge in [-0.3, -0.25) is 0 Å². The van der Waals surface area contributed by atoms with Crippen molar-refractivity contribution in [1.82, 2.24) is 0 Å². The maximum absolute atomic E-state index is 8.44. The summed E-state index contributed by atoms with van der Waals surface area (Å²) in [5.74, 6) is 6.87. The standard InChI is InChI=1S/C19H21N/c1-2-3-5-16-7-11-18(12-8-16)19-13-9-17(10-14-19)6-4-15-20/h2,9-10,13-14,16,18H,1,3,5,7-8,11-12H2. The lowest BCUT2D eigenvalue weighted by Gasteiger charge is -2.28. The van der Waals surface area contributed by atoms with Crippen LogP contribution in [0.2, 0.25) is 0 Å². The number of hydrogen-bond donors (Lipinski definition) is 0. The summed E-state index contributed by atoms with van der Waals surface area (Å²) in [5, 5.41) is 8.44. The number of nitriles is 1. The Labute approximate surface area is 122 Å². The van der Waals surface area contributed by atoms with E-state index in [0.29, 0.717) is 5.92 Å². The summed E-state index contributed by atoms with van der Waals surface area (Å²) >= 11 is 0. The molecule has 0 bridgehead atoms. The van der Waals surface area contributed by atoms with Crippen LogP contribution in [0, 0.1) is 29.1 Å². The molecule has 0 spiro atoms. The first-order chi connectivity index (χ1) is 9.83. The van der Waals surface area contributed by atoms with E-state index in [4.69, 9.17) is 5.26 Å². The van der Waals surface area contributed by atoms with Crippen LogP contribution in [-0.4, -0.2) is 0 Å². The molecular formula is C19H21N. The smallest absolute Gasteiger partial charge is 0.152 e. The van der Waals surface area contributed by atoms with Gasteiger partial charge >= 0.3 is 0 Å². The SMILES string of the molecule is C=CCCC1CCC(c2ccc(C#CC#N)cc2)CC1. The molecule has 0 saturated heterocycles. The van der Waals surface area contributed by atoms with Crippen LogP contribution in [0.5, 0.6) is 0 Å². The molecule has 0 amide bonds. The fraction of sp³-hybridized carbons (Fsp3) is 0.421. The first-order valence-electron chi connectivity index (χ1n) is 7.44. The van der Waals surface area contributed by atoms with Crippen molar-refractivity contribution in [1.29, 1.82) is 5.26 Å². The molecule has 1 fully saturated rings. The largest absolute Gasteiger partial charge is 0.183 e. The summed E-state index contributed by atoms with van der Waals surface area (Å²) in [4.78, 5) is 0. The van der Waals surface area contributed by atoms with E-state index < -0.39 is 0 Å². The van der Waals surface area contributed by atoms with E-state index in [1.165, 1.54) is 37.7 Å². The van der Waals surface area contributed by atoms with Gasteiger partial charge in [0.1, 0.15) is 0 Å². The monoisotopic (exact) mass is 263 g/mol. The Hall–Kier alpha value is -1.99. The van der Waals surface area contributed by atoms with Crippen molar-refractivity contribution < 1.29 is 0 Å². The molecule has 0 unspecified atom stereocenters. The van der Waals surface area contributed by atoms with Gasteiger partial charge in [-0.15, -0.1) is 6.58 Å². The molecule has 0 N–H and O–H groups in total. The molecule has 1 aromatic carbocycles. The summed E-state index contributed by atoms with van der Waals surface area (Å²) in [6.45, 7) is 3.81. The Bertz CT molecular complexity index is 528. The minimum absolute atomic E-state index is 0.702. The lowest BCUT2D eigenvalue weighted by Crippen LogP contribution is -2.13. The average Bonchev–Trinajstić information content (AvgIpc) is 2.52. The third-order valence-electron chi connectivity index (χ3n) is 4.27. The molecule has 2 rings (SSSR count). The molecule has 0 aliphatic heterocycles. The Morgan fingerprint density at radius 2 is 1.85 bits per heavy atom. The van der Waals surface area contributed by atoms with Gasteiger partial charge in [0.2, 0.25) is 0 Å². The van der Waals surface area contributed by atoms with Crippen molar-refractivity contribution in [3.63, 3.8) is 0 Å². The number of allylic oxidation sites excluding steroid dienone is 1. The highest BCUT2D eigenvalue weighted by Crippen LogP contribution is 2.37. The van der Waals surface area contributed by atoms with E-state index in [1.807, 2.05) is 24.3 Å². The zero-order valence-electron chi connectivity index (χ0n) is 11.9. The van der Waals surface area contributed by atoms with Crippen molar-refractivity contribution in [2.45, 2.75) is 44.4 Å². The molecule has 0 atom stereocenters. The van der Waals surface area contributed by atoms with E-state index in [0.717, 1.165) is 17.9 Å². The third kappa shape index (κ3) is 4.01. The second-order valence-electron chi connectivity index (χ2n) is 5.57. The van der Waals surface area contributed by atoms with Crippen LogP contribution >= 0.6 is 0 Å². The van der Waals surface area contributed by atoms with E-state index in [1.54, 1.807) is 0 Å². The van der Waals surface area contributed by atoms with Crippen molar-refractivity contribution in [3.05, 3.63) is 48.0 Å². The minimum atomic E-state index is 0.702. The van der Waals surface area contributed by atoms with Gasteiger partial charge < -0.3 is 0 Å². The second kappa shape index (κ2) is 7.56. The summed E-state index contributed by atoms with van der Waals surface area (Å²) < 4.78 is 0. The predicted octanol–water partition coefficient (Wildman–Crippen LogP) is 4.80. The second-order valence-corrected chi connectivity index (χ2v) is 5.57. The highest BCUT2D eigenvalue weighted by Gasteiger charge is 2.21. The van der Waals surface area contributed by atoms with Crippen LogP contribution in [-0.2, 0) is 0 Å². The van der Waals surface area contributed by atoms with Gasteiger partial charge in [0.15, 0.2) is 6.07 Å². The van der Waals surface area contributed by atoms with Crippen LogP contribution in [0.3, 0.4) is 0 Å². The lowest BCUT2D eigenvalue weighted by atomic mass is 9.77. The maximum Gasteiger partial charge on any atom is 0.152 e. The Kier molecular flexibility index (Phi) is 5.45. The van der Waals surface area contributed by atoms with Crippen molar-refractivity contribution in [3.8, 4) is 17.9 Å². The van der Waals surface area contributed by atoms with Crippen LogP contribution < -0.4 is 0 Å². The third-order valence-corrected chi connectivity index (χ3v) is 4.27.